The summed E-state index contributed by atoms with van der Waals surface area (Å²) in [6.45, 7) is 7.68. The Morgan fingerprint density at radius 3 is 2.74 bits per heavy atom. The van der Waals surface area contributed by atoms with E-state index in [0.717, 1.165) is 30.9 Å². The van der Waals surface area contributed by atoms with Crippen LogP contribution in [0.4, 0.5) is 11.1 Å². The lowest BCUT2D eigenvalue weighted by molar-refractivity contribution is 0.0678. The number of nitrogens with one attached hydrogen (secondary N) is 1. The van der Waals surface area contributed by atoms with Gasteiger partial charge in [-0.25, -0.2) is 15.0 Å². The van der Waals surface area contributed by atoms with E-state index >= 15 is 0 Å². The molecule has 2 aromatic heterocycles. The highest BCUT2D eigenvalue weighted by atomic mass is 32.1. The van der Waals surface area contributed by atoms with E-state index in [0.29, 0.717) is 22.7 Å². The van der Waals surface area contributed by atoms with Crippen LogP contribution < -0.4 is 5.32 Å². The number of piperidine rings is 1. The van der Waals surface area contributed by atoms with Crippen molar-refractivity contribution in [1.29, 1.82) is 0 Å². The molecule has 122 valence electrons. The van der Waals surface area contributed by atoms with Crippen molar-refractivity contribution in [2.24, 2.45) is 5.92 Å². The molecule has 23 heavy (non-hydrogen) atoms. The fraction of sp³-hybridized carbons (Fsp3) is 0.500. The Bertz CT molecular complexity index is 694. The Hall–Kier alpha value is -2.02. The molecule has 0 aliphatic carbocycles. The Morgan fingerprint density at radius 2 is 2.04 bits per heavy atom. The molecular formula is C16H21N5OS. The van der Waals surface area contributed by atoms with Crippen LogP contribution in [0.3, 0.4) is 0 Å². The average molecular weight is 331 g/mol. The summed E-state index contributed by atoms with van der Waals surface area (Å²) >= 11 is 1.40. The average Bonchev–Trinajstić information content (AvgIpc) is 2.94. The number of carbonyl (C=O) groups excluding carboxylic acids is 1. The smallest absolute Gasteiger partial charge is 0.273 e. The molecule has 0 saturated carbocycles. The molecule has 1 saturated heterocycles. The molecule has 1 N–H and O–H groups in total. The summed E-state index contributed by atoms with van der Waals surface area (Å²) in [5.74, 6) is 1.09. The van der Waals surface area contributed by atoms with Crippen LogP contribution in [0.25, 0.3) is 0 Å². The summed E-state index contributed by atoms with van der Waals surface area (Å²) in [6.07, 6.45) is 2.26. The molecule has 0 radical (unpaired) electrons. The number of hydrogen-bond acceptors (Lipinski definition) is 6. The van der Waals surface area contributed by atoms with E-state index in [1.807, 2.05) is 24.8 Å². The molecule has 1 unspecified atom stereocenters. The van der Waals surface area contributed by atoms with Gasteiger partial charge in [0.15, 0.2) is 5.13 Å². The van der Waals surface area contributed by atoms with Crippen molar-refractivity contribution in [2.45, 2.75) is 33.6 Å². The highest BCUT2D eigenvalue weighted by Crippen LogP contribution is 2.22. The van der Waals surface area contributed by atoms with E-state index in [1.165, 1.54) is 17.8 Å². The Kier molecular flexibility index (Phi) is 4.56. The van der Waals surface area contributed by atoms with E-state index in [2.05, 4.69) is 27.2 Å². The molecule has 0 spiro atoms. The van der Waals surface area contributed by atoms with Gasteiger partial charge in [0.05, 0.1) is 0 Å². The molecule has 6 nitrogen and oxygen atoms in total. The first-order valence-electron chi connectivity index (χ1n) is 7.85. The fourth-order valence-electron chi connectivity index (χ4n) is 2.84. The van der Waals surface area contributed by atoms with Crippen LogP contribution in [0, 0.1) is 19.8 Å². The van der Waals surface area contributed by atoms with Crippen LogP contribution in [-0.4, -0.2) is 38.8 Å². The van der Waals surface area contributed by atoms with Crippen LogP contribution in [0.1, 0.15) is 41.6 Å². The second kappa shape index (κ2) is 6.62. The minimum Gasteiger partial charge on any atom is -0.337 e. The number of aryl methyl sites for hydroxylation is 2. The van der Waals surface area contributed by atoms with Gasteiger partial charge in [-0.05, 0) is 38.7 Å². The number of carbonyl (C=O) groups is 1. The van der Waals surface area contributed by atoms with Gasteiger partial charge in [-0.15, -0.1) is 11.3 Å². The highest BCUT2D eigenvalue weighted by Gasteiger charge is 2.23. The third-order valence-electron chi connectivity index (χ3n) is 3.87. The maximum atomic E-state index is 12.5. The number of anilines is 2. The number of aromatic nitrogens is 3. The van der Waals surface area contributed by atoms with Gasteiger partial charge in [0.25, 0.3) is 5.91 Å². The van der Waals surface area contributed by atoms with Crippen LogP contribution in [-0.2, 0) is 0 Å². The standard InChI is InChI=1S/C16H21N5OS/c1-10-5-4-6-21(8-10)14(22)13-9-23-16(19-13)20-15-17-11(2)7-12(3)18-15/h7,9-10H,4-6,8H2,1-3H3,(H,17,18,19,20). The molecule has 0 bridgehead atoms. The van der Waals surface area contributed by atoms with E-state index in [9.17, 15) is 4.79 Å². The number of thiazole rings is 1. The minimum atomic E-state index is 0.0159. The van der Waals surface area contributed by atoms with Gasteiger partial charge in [-0.1, -0.05) is 6.92 Å². The summed E-state index contributed by atoms with van der Waals surface area (Å²) in [6, 6.07) is 1.92. The van der Waals surface area contributed by atoms with Crippen molar-refractivity contribution < 1.29 is 4.79 Å². The zero-order chi connectivity index (χ0) is 16.4. The summed E-state index contributed by atoms with van der Waals surface area (Å²) in [7, 11) is 0. The molecule has 1 aliphatic rings. The van der Waals surface area contributed by atoms with Gasteiger partial charge in [0.2, 0.25) is 5.95 Å². The zero-order valence-corrected chi connectivity index (χ0v) is 14.5. The normalized spacial score (nSPS) is 18.0. The maximum Gasteiger partial charge on any atom is 0.273 e. The molecule has 7 heteroatoms. The fourth-order valence-corrected chi connectivity index (χ4v) is 3.52. The second-order valence-electron chi connectivity index (χ2n) is 6.14. The van der Waals surface area contributed by atoms with Crippen molar-refractivity contribution in [3.05, 3.63) is 28.5 Å². The van der Waals surface area contributed by atoms with Crippen molar-refractivity contribution in [1.82, 2.24) is 19.9 Å². The van der Waals surface area contributed by atoms with Crippen LogP contribution >= 0.6 is 11.3 Å². The molecular weight excluding hydrogens is 310 g/mol. The summed E-state index contributed by atoms with van der Waals surface area (Å²) in [4.78, 5) is 27.5. The van der Waals surface area contributed by atoms with Crippen LogP contribution in [0.2, 0.25) is 0 Å². The maximum absolute atomic E-state index is 12.5. The topological polar surface area (TPSA) is 71.0 Å². The number of rotatable bonds is 3. The molecule has 0 aromatic carbocycles. The van der Waals surface area contributed by atoms with Gasteiger partial charge in [-0.3, -0.25) is 4.79 Å². The Balaban J connectivity index is 1.71. The molecule has 2 aromatic rings. The molecule has 1 aliphatic heterocycles. The van der Waals surface area contributed by atoms with Crippen LogP contribution in [0.5, 0.6) is 0 Å². The van der Waals surface area contributed by atoms with E-state index in [1.54, 1.807) is 5.38 Å². The monoisotopic (exact) mass is 331 g/mol. The van der Waals surface area contributed by atoms with Gasteiger partial charge in [0.1, 0.15) is 5.69 Å². The van der Waals surface area contributed by atoms with Crippen molar-refractivity contribution >= 4 is 28.3 Å². The summed E-state index contributed by atoms with van der Waals surface area (Å²) in [5, 5.41) is 5.53. The SMILES string of the molecule is Cc1cc(C)nc(Nc2nc(C(=O)N3CCCC(C)C3)cs2)n1. The number of nitrogens with zero attached hydrogens (tertiary/aromatic N) is 4. The molecule has 1 fully saturated rings. The van der Waals surface area contributed by atoms with Crippen LogP contribution in [0.15, 0.2) is 11.4 Å². The van der Waals surface area contributed by atoms with Gasteiger partial charge in [0, 0.05) is 29.9 Å². The zero-order valence-electron chi connectivity index (χ0n) is 13.7. The predicted molar refractivity (Wildman–Crippen MR) is 91.2 cm³/mol. The largest absolute Gasteiger partial charge is 0.337 e. The van der Waals surface area contributed by atoms with Gasteiger partial charge < -0.3 is 10.2 Å². The lowest BCUT2D eigenvalue weighted by atomic mass is 10.0. The quantitative estimate of drug-likeness (QED) is 0.935. The van der Waals surface area contributed by atoms with E-state index in [4.69, 9.17) is 0 Å². The van der Waals surface area contributed by atoms with Crippen molar-refractivity contribution in [2.75, 3.05) is 18.4 Å². The molecule has 3 rings (SSSR count). The number of amides is 1. The first-order chi connectivity index (χ1) is 11.0. The van der Waals surface area contributed by atoms with Gasteiger partial charge >= 0.3 is 0 Å². The molecule has 1 atom stereocenters. The first kappa shape index (κ1) is 15.9. The Labute approximate surface area is 140 Å². The third kappa shape index (κ3) is 3.85. The molecule has 1 amide bonds. The van der Waals surface area contributed by atoms with Crippen molar-refractivity contribution in [3.8, 4) is 0 Å². The van der Waals surface area contributed by atoms with Gasteiger partial charge in [-0.2, -0.15) is 0 Å². The predicted octanol–water partition coefficient (Wildman–Crippen LogP) is 3.17. The number of hydrogen-bond donors (Lipinski definition) is 1. The minimum absolute atomic E-state index is 0.0159. The summed E-state index contributed by atoms with van der Waals surface area (Å²) < 4.78 is 0. The van der Waals surface area contributed by atoms with Crippen molar-refractivity contribution in [3.63, 3.8) is 0 Å². The second-order valence-corrected chi connectivity index (χ2v) is 6.99. The lowest BCUT2D eigenvalue weighted by Gasteiger charge is -2.30. The first-order valence-corrected chi connectivity index (χ1v) is 8.73. The number of likely N-dealkylation sites (tertiary alicyclic amines) is 1. The highest BCUT2D eigenvalue weighted by molar-refractivity contribution is 7.14. The lowest BCUT2D eigenvalue weighted by Crippen LogP contribution is -2.39. The third-order valence-corrected chi connectivity index (χ3v) is 4.63. The summed E-state index contributed by atoms with van der Waals surface area (Å²) in [5.41, 5.74) is 2.29. The molecule has 3 heterocycles. The Morgan fingerprint density at radius 1 is 1.30 bits per heavy atom. The van der Waals surface area contributed by atoms with E-state index < -0.39 is 0 Å². The van der Waals surface area contributed by atoms with E-state index in [-0.39, 0.29) is 5.91 Å².